The lowest BCUT2D eigenvalue weighted by molar-refractivity contribution is -0.122. The number of nitrogens with zero attached hydrogens (tertiary/aromatic N) is 2. The molecule has 0 radical (unpaired) electrons. The Morgan fingerprint density at radius 2 is 1.89 bits per heavy atom. The van der Waals surface area contributed by atoms with Crippen LogP contribution >= 0.6 is 11.3 Å². The van der Waals surface area contributed by atoms with Crippen molar-refractivity contribution in [3.05, 3.63) is 40.9 Å². The highest BCUT2D eigenvalue weighted by Gasteiger charge is 2.34. The first kappa shape index (κ1) is 30.8. The van der Waals surface area contributed by atoms with Gasteiger partial charge in [-0.3, -0.25) is 9.69 Å². The first-order valence-corrected chi connectivity index (χ1v) is 14.0. The molecule has 2 atom stereocenters. The van der Waals surface area contributed by atoms with Crippen molar-refractivity contribution in [3.63, 3.8) is 0 Å². The molecule has 2 unspecified atom stereocenters. The summed E-state index contributed by atoms with van der Waals surface area (Å²) in [6.45, 7) is 18.5. The number of aromatic nitrogens is 1. The molecular formula is C29H45N3O4S. The molecule has 1 fully saturated rings. The largest absolute Gasteiger partial charge is 0.483 e. The molecule has 1 aliphatic heterocycles. The van der Waals surface area contributed by atoms with Gasteiger partial charge in [-0.2, -0.15) is 0 Å². The number of hydrogen-bond donors (Lipinski definition) is 2. The van der Waals surface area contributed by atoms with E-state index in [-0.39, 0.29) is 6.47 Å². The van der Waals surface area contributed by atoms with Crippen LogP contribution in [0.15, 0.2) is 30.5 Å². The predicted octanol–water partition coefficient (Wildman–Crippen LogP) is 6.82. The monoisotopic (exact) mass is 531 g/mol. The molecule has 37 heavy (non-hydrogen) atoms. The summed E-state index contributed by atoms with van der Waals surface area (Å²) in [6.07, 6.45) is 5.55. The normalized spacial score (nSPS) is 18.5. The zero-order valence-corrected chi connectivity index (χ0v) is 24.4. The molecule has 1 amide bonds. The van der Waals surface area contributed by atoms with Gasteiger partial charge in [-0.05, 0) is 56.4 Å². The smallest absolute Gasteiger partial charge is 0.407 e. The number of carbonyl (C=O) groups is 2. The van der Waals surface area contributed by atoms with E-state index in [1.54, 1.807) is 11.3 Å². The van der Waals surface area contributed by atoms with Gasteiger partial charge in [0.05, 0.1) is 0 Å². The van der Waals surface area contributed by atoms with Gasteiger partial charge >= 0.3 is 6.09 Å². The molecule has 2 heterocycles. The summed E-state index contributed by atoms with van der Waals surface area (Å²) in [5.74, 6) is 1.51. The van der Waals surface area contributed by atoms with E-state index in [0.29, 0.717) is 12.0 Å². The fourth-order valence-corrected chi connectivity index (χ4v) is 5.78. The Labute approximate surface area is 226 Å². The third-order valence-corrected chi connectivity index (χ3v) is 7.55. The second kappa shape index (κ2) is 13.9. The summed E-state index contributed by atoms with van der Waals surface area (Å²) >= 11 is 1.76. The van der Waals surface area contributed by atoms with Gasteiger partial charge in [-0.25, -0.2) is 9.78 Å². The number of carbonyl (C=O) groups excluding carboxylic acids is 1. The van der Waals surface area contributed by atoms with Crippen LogP contribution in [0, 0.1) is 17.3 Å². The Morgan fingerprint density at radius 3 is 2.51 bits per heavy atom. The quantitative estimate of drug-likeness (QED) is 0.381. The number of piperidine rings is 1. The summed E-state index contributed by atoms with van der Waals surface area (Å²) in [5.41, 5.74) is 1.95. The van der Waals surface area contributed by atoms with E-state index in [2.05, 4.69) is 44.0 Å². The molecule has 3 rings (SSSR count). The minimum Gasteiger partial charge on any atom is -0.483 e. The fourth-order valence-electron chi connectivity index (χ4n) is 4.77. The Bertz CT molecular complexity index is 994. The predicted molar refractivity (Wildman–Crippen MR) is 151 cm³/mol. The number of amides is 1. The molecule has 0 aliphatic carbocycles. The lowest BCUT2D eigenvalue weighted by Gasteiger charge is -2.43. The lowest BCUT2D eigenvalue weighted by Crippen LogP contribution is -2.44. The first-order valence-electron chi connectivity index (χ1n) is 13.2. The van der Waals surface area contributed by atoms with Crippen molar-refractivity contribution in [1.82, 2.24) is 15.2 Å². The molecule has 7 nitrogen and oxygen atoms in total. The van der Waals surface area contributed by atoms with E-state index < -0.39 is 11.7 Å². The number of likely N-dealkylation sites (tertiary alicyclic amines) is 1. The van der Waals surface area contributed by atoms with Crippen molar-refractivity contribution in [3.8, 4) is 10.6 Å². The minimum absolute atomic E-state index is 0.250. The van der Waals surface area contributed by atoms with E-state index in [1.165, 1.54) is 30.7 Å². The summed E-state index contributed by atoms with van der Waals surface area (Å²) in [6, 6.07) is 8.16. The molecule has 1 aromatic heterocycles. The molecule has 206 valence electrons. The average Bonchev–Trinajstić information content (AvgIpc) is 3.25. The number of thiazole rings is 1. The van der Waals surface area contributed by atoms with Crippen LogP contribution in [0.2, 0.25) is 0 Å². The SMILES string of the molecule is CCCC1CC(C(C)(C)C)CN(Cc2cnc(-c3ccccc3CNC(=O)OC(C)(C)C)s2)C1.O=CO. The second-order valence-electron chi connectivity index (χ2n) is 11.9. The highest BCUT2D eigenvalue weighted by Crippen LogP contribution is 2.38. The van der Waals surface area contributed by atoms with E-state index in [4.69, 9.17) is 19.6 Å². The van der Waals surface area contributed by atoms with Crippen molar-refractivity contribution in [1.29, 1.82) is 0 Å². The summed E-state index contributed by atoms with van der Waals surface area (Å²) in [4.78, 5) is 29.2. The van der Waals surface area contributed by atoms with E-state index in [9.17, 15) is 4.79 Å². The highest BCUT2D eigenvalue weighted by molar-refractivity contribution is 7.15. The summed E-state index contributed by atoms with van der Waals surface area (Å²) < 4.78 is 5.38. The lowest BCUT2D eigenvalue weighted by atomic mass is 9.72. The molecule has 1 aliphatic rings. The zero-order chi connectivity index (χ0) is 27.6. The Hall–Kier alpha value is -2.45. The van der Waals surface area contributed by atoms with E-state index >= 15 is 0 Å². The third kappa shape index (κ3) is 10.4. The molecule has 0 spiro atoms. The summed E-state index contributed by atoms with van der Waals surface area (Å²) in [5, 5.41) is 10.8. The molecule has 0 bridgehead atoms. The van der Waals surface area contributed by atoms with Gasteiger partial charge in [0.1, 0.15) is 10.6 Å². The molecule has 2 aromatic rings. The minimum atomic E-state index is -0.510. The highest BCUT2D eigenvalue weighted by atomic mass is 32.1. The number of hydrogen-bond acceptors (Lipinski definition) is 6. The van der Waals surface area contributed by atoms with Gasteiger partial charge in [-0.1, -0.05) is 58.4 Å². The maximum absolute atomic E-state index is 12.1. The van der Waals surface area contributed by atoms with Crippen LogP contribution in [-0.2, 0) is 22.6 Å². The topological polar surface area (TPSA) is 91.8 Å². The number of ether oxygens (including phenoxy) is 1. The second-order valence-corrected chi connectivity index (χ2v) is 13.0. The van der Waals surface area contributed by atoms with Crippen molar-refractivity contribution in [2.24, 2.45) is 17.3 Å². The van der Waals surface area contributed by atoms with Gasteiger partial charge in [0.2, 0.25) is 0 Å². The Morgan fingerprint density at radius 1 is 1.22 bits per heavy atom. The third-order valence-electron chi connectivity index (χ3n) is 6.54. The van der Waals surface area contributed by atoms with Crippen molar-refractivity contribution in [2.45, 2.75) is 86.4 Å². The van der Waals surface area contributed by atoms with Crippen LogP contribution in [0.1, 0.15) is 78.2 Å². The maximum Gasteiger partial charge on any atom is 0.407 e. The average molecular weight is 532 g/mol. The van der Waals surface area contributed by atoms with Crippen LogP contribution < -0.4 is 5.32 Å². The van der Waals surface area contributed by atoms with Gasteiger partial charge in [0.25, 0.3) is 6.47 Å². The van der Waals surface area contributed by atoms with Crippen LogP contribution in [0.25, 0.3) is 10.6 Å². The van der Waals surface area contributed by atoms with Crippen LogP contribution in [0.5, 0.6) is 0 Å². The molecule has 1 saturated heterocycles. The number of benzene rings is 1. The molecule has 2 N–H and O–H groups in total. The zero-order valence-electron chi connectivity index (χ0n) is 23.5. The van der Waals surface area contributed by atoms with Gasteiger partial charge in [-0.15, -0.1) is 11.3 Å². The van der Waals surface area contributed by atoms with Crippen LogP contribution in [0.4, 0.5) is 4.79 Å². The first-order chi connectivity index (χ1) is 17.4. The number of alkyl carbamates (subject to hydrolysis) is 1. The fraction of sp³-hybridized carbons (Fsp3) is 0.621. The molecule has 1 aromatic carbocycles. The van der Waals surface area contributed by atoms with E-state index in [0.717, 1.165) is 41.1 Å². The maximum atomic E-state index is 12.1. The Kier molecular flexibility index (Phi) is 11.6. The Balaban J connectivity index is 0.00000153. The molecule has 8 heteroatoms. The van der Waals surface area contributed by atoms with Crippen molar-refractivity contribution < 1.29 is 19.4 Å². The number of rotatable bonds is 7. The molecule has 0 saturated carbocycles. The van der Waals surface area contributed by atoms with Gasteiger partial charge in [0, 0.05) is 42.8 Å². The standard InChI is InChI=1S/C28H43N3O2S.CH2O2/c1-8-11-20-14-22(27(2,3)4)18-31(17-20)19-23-16-29-25(34-23)24-13-10-9-12-21(24)15-30-26(32)33-28(5,6)7;2-1-3/h9-10,12-13,16,20,22H,8,11,14-15,17-19H2,1-7H3,(H,30,32);1H,(H,2,3). The van der Waals surface area contributed by atoms with Crippen molar-refractivity contribution >= 4 is 23.9 Å². The summed E-state index contributed by atoms with van der Waals surface area (Å²) in [7, 11) is 0. The van der Waals surface area contributed by atoms with Gasteiger partial charge < -0.3 is 15.2 Å². The van der Waals surface area contributed by atoms with E-state index in [1.807, 2.05) is 45.2 Å². The van der Waals surface area contributed by atoms with Crippen LogP contribution in [0.3, 0.4) is 0 Å². The van der Waals surface area contributed by atoms with Crippen molar-refractivity contribution in [2.75, 3.05) is 13.1 Å². The number of carboxylic acid groups (broad SMARTS) is 1. The number of nitrogens with one attached hydrogen (secondary N) is 1. The van der Waals surface area contributed by atoms with Gasteiger partial charge in [0.15, 0.2) is 0 Å². The molecular weight excluding hydrogens is 486 g/mol. The van der Waals surface area contributed by atoms with Crippen LogP contribution in [-0.4, -0.2) is 46.2 Å².